The van der Waals surface area contributed by atoms with Crippen LogP contribution in [0, 0.1) is 0 Å². The quantitative estimate of drug-likeness (QED) is 0.761. The molecule has 2 aromatic rings. The van der Waals surface area contributed by atoms with Gasteiger partial charge in [-0.25, -0.2) is 0 Å². The minimum absolute atomic E-state index is 0.0174. The second-order valence-electron chi connectivity index (χ2n) is 5.34. The van der Waals surface area contributed by atoms with Crippen molar-refractivity contribution >= 4 is 16.7 Å². The van der Waals surface area contributed by atoms with Crippen molar-refractivity contribution in [1.82, 2.24) is 5.32 Å². The summed E-state index contributed by atoms with van der Waals surface area (Å²) in [6.45, 7) is -1.71. The van der Waals surface area contributed by atoms with E-state index in [1.54, 1.807) is 6.07 Å². The summed E-state index contributed by atoms with van der Waals surface area (Å²) in [4.78, 5) is 11.5. The van der Waals surface area contributed by atoms with Crippen molar-refractivity contribution in [2.24, 2.45) is 0 Å². The Labute approximate surface area is 137 Å². The molecular formula is C17H18F3NO3. The Morgan fingerprint density at radius 2 is 1.88 bits per heavy atom. The third-order valence-corrected chi connectivity index (χ3v) is 3.39. The number of halogens is 3. The fourth-order valence-corrected chi connectivity index (χ4v) is 2.18. The molecule has 0 saturated heterocycles. The molecule has 2 rings (SSSR count). The van der Waals surface area contributed by atoms with Crippen molar-refractivity contribution < 1.29 is 27.8 Å². The summed E-state index contributed by atoms with van der Waals surface area (Å²) >= 11 is 0. The van der Waals surface area contributed by atoms with Crippen LogP contribution in [0.2, 0.25) is 0 Å². The molecule has 1 atom stereocenters. The monoisotopic (exact) mass is 341 g/mol. The number of benzene rings is 2. The van der Waals surface area contributed by atoms with Crippen molar-refractivity contribution in [3.8, 4) is 0 Å². The third-order valence-electron chi connectivity index (χ3n) is 3.39. The van der Waals surface area contributed by atoms with E-state index in [-0.39, 0.29) is 19.6 Å². The fraction of sp³-hybridized carbons (Fsp3) is 0.353. The van der Waals surface area contributed by atoms with Crippen LogP contribution in [0.5, 0.6) is 0 Å². The van der Waals surface area contributed by atoms with Gasteiger partial charge in [0.05, 0.1) is 12.7 Å². The van der Waals surface area contributed by atoms with Gasteiger partial charge in [0.25, 0.3) is 0 Å². The van der Waals surface area contributed by atoms with Gasteiger partial charge in [-0.1, -0.05) is 36.4 Å². The lowest BCUT2D eigenvalue weighted by atomic mass is 10.0. The van der Waals surface area contributed by atoms with Crippen LogP contribution in [-0.2, 0) is 9.53 Å². The van der Waals surface area contributed by atoms with E-state index in [9.17, 15) is 23.1 Å². The molecular weight excluding hydrogens is 323 g/mol. The molecule has 0 aliphatic rings. The first-order valence-corrected chi connectivity index (χ1v) is 7.43. The minimum Gasteiger partial charge on any atom is -0.387 e. The molecule has 0 heterocycles. The van der Waals surface area contributed by atoms with Gasteiger partial charge in [-0.3, -0.25) is 4.79 Å². The number of carbonyl (C=O) groups excluding carboxylic acids is 1. The van der Waals surface area contributed by atoms with Crippen LogP contribution in [0.1, 0.15) is 18.1 Å². The number of ether oxygens (including phenoxy) is 1. The summed E-state index contributed by atoms with van der Waals surface area (Å²) in [5.41, 5.74) is 0.655. The van der Waals surface area contributed by atoms with E-state index in [4.69, 9.17) is 0 Å². The number of fused-ring (bicyclic) bond motifs is 1. The van der Waals surface area contributed by atoms with Gasteiger partial charge < -0.3 is 15.2 Å². The van der Waals surface area contributed by atoms with Gasteiger partial charge in [-0.2, -0.15) is 13.2 Å². The molecule has 0 radical (unpaired) electrons. The minimum atomic E-state index is -4.40. The van der Waals surface area contributed by atoms with E-state index in [2.05, 4.69) is 10.1 Å². The number of aliphatic hydroxyl groups is 1. The van der Waals surface area contributed by atoms with E-state index in [1.807, 2.05) is 36.4 Å². The molecule has 0 aromatic heterocycles. The molecule has 1 unspecified atom stereocenters. The highest BCUT2D eigenvalue weighted by Crippen LogP contribution is 2.20. The Morgan fingerprint density at radius 1 is 1.17 bits per heavy atom. The molecule has 0 fully saturated rings. The van der Waals surface area contributed by atoms with Crippen LogP contribution in [-0.4, -0.2) is 36.9 Å². The predicted molar refractivity (Wildman–Crippen MR) is 83.4 cm³/mol. The van der Waals surface area contributed by atoms with Crippen LogP contribution >= 0.6 is 0 Å². The Kier molecular flexibility index (Phi) is 6.16. The number of alkyl halides is 3. The van der Waals surface area contributed by atoms with Gasteiger partial charge in [0.2, 0.25) is 5.91 Å². The number of hydrogen-bond donors (Lipinski definition) is 2. The average Bonchev–Trinajstić information content (AvgIpc) is 2.55. The summed E-state index contributed by atoms with van der Waals surface area (Å²) in [6, 6.07) is 13.2. The molecule has 1 amide bonds. The van der Waals surface area contributed by atoms with Gasteiger partial charge >= 0.3 is 6.18 Å². The summed E-state index contributed by atoms with van der Waals surface area (Å²) in [7, 11) is 0. The zero-order valence-corrected chi connectivity index (χ0v) is 12.8. The Morgan fingerprint density at radius 3 is 2.58 bits per heavy atom. The van der Waals surface area contributed by atoms with Crippen LogP contribution in [0.4, 0.5) is 13.2 Å². The van der Waals surface area contributed by atoms with Crippen LogP contribution < -0.4 is 5.32 Å². The smallest absolute Gasteiger partial charge is 0.387 e. The van der Waals surface area contributed by atoms with Crippen LogP contribution in [0.15, 0.2) is 42.5 Å². The maximum Gasteiger partial charge on any atom is 0.411 e. The van der Waals surface area contributed by atoms with Gasteiger partial charge in [-0.15, -0.1) is 0 Å². The Bertz CT molecular complexity index is 688. The third kappa shape index (κ3) is 5.82. The van der Waals surface area contributed by atoms with Crippen molar-refractivity contribution in [2.45, 2.75) is 18.7 Å². The van der Waals surface area contributed by atoms with Gasteiger partial charge in [-0.05, 0) is 22.4 Å². The van der Waals surface area contributed by atoms with E-state index in [1.165, 1.54) is 0 Å². The number of rotatable bonds is 7. The SMILES string of the molecule is O=C(CCOCC(F)(F)F)NCC(O)c1ccc2ccccc2c1. The molecule has 0 spiro atoms. The number of aliphatic hydroxyl groups excluding tert-OH is 1. The normalized spacial score (nSPS) is 13.0. The second kappa shape index (κ2) is 8.12. The highest BCUT2D eigenvalue weighted by molar-refractivity contribution is 5.83. The molecule has 7 heteroatoms. The Balaban J connectivity index is 1.77. The maximum absolute atomic E-state index is 11.9. The molecule has 24 heavy (non-hydrogen) atoms. The number of amides is 1. The van der Waals surface area contributed by atoms with Crippen LogP contribution in [0.25, 0.3) is 10.8 Å². The average molecular weight is 341 g/mol. The molecule has 2 N–H and O–H groups in total. The zero-order valence-electron chi connectivity index (χ0n) is 12.8. The van der Waals surface area contributed by atoms with E-state index in [0.717, 1.165) is 10.8 Å². The lowest BCUT2D eigenvalue weighted by Crippen LogP contribution is -2.29. The molecule has 4 nitrogen and oxygen atoms in total. The van der Waals surface area contributed by atoms with Crippen molar-refractivity contribution in [3.05, 3.63) is 48.0 Å². The fourth-order valence-electron chi connectivity index (χ4n) is 2.18. The first-order valence-electron chi connectivity index (χ1n) is 7.43. The summed E-state index contributed by atoms with van der Waals surface area (Å²) in [6.07, 6.45) is -5.49. The molecule has 0 aliphatic carbocycles. The predicted octanol–water partition coefficient (Wildman–Crippen LogP) is 2.96. The summed E-state index contributed by atoms with van der Waals surface area (Å²) in [5.74, 6) is -0.475. The zero-order chi connectivity index (χ0) is 17.6. The molecule has 0 bridgehead atoms. The standard InChI is InChI=1S/C17H18F3NO3/c18-17(19,20)11-24-8-7-16(23)21-10-15(22)14-6-5-12-3-1-2-4-13(12)9-14/h1-6,9,15,22H,7-8,10-11H2,(H,21,23). The van der Waals surface area contributed by atoms with Crippen molar-refractivity contribution in [2.75, 3.05) is 19.8 Å². The van der Waals surface area contributed by atoms with Crippen molar-refractivity contribution in [3.63, 3.8) is 0 Å². The number of carbonyl (C=O) groups is 1. The Hall–Kier alpha value is -2.12. The summed E-state index contributed by atoms with van der Waals surface area (Å²) < 4.78 is 40.0. The largest absolute Gasteiger partial charge is 0.411 e. The number of nitrogens with one attached hydrogen (secondary N) is 1. The van der Waals surface area contributed by atoms with Crippen LogP contribution in [0.3, 0.4) is 0 Å². The number of hydrogen-bond acceptors (Lipinski definition) is 3. The van der Waals surface area contributed by atoms with Gasteiger partial charge in [0.1, 0.15) is 6.61 Å². The van der Waals surface area contributed by atoms with E-state index in [0.29, 0.717) is 5.56 Å². The van der Waals surface area contributed by atoms with E-state index < -0.39 is 24.8 Å². The molecule has 130 valence electrons. The van der Waals surface area contributed by atoms with Gasteiger partial charge in [0.15, 0.2) is 0 Å². The lowest BCUT2D eigenvalue weighted by Gasteiger charge is -2.13. The molecule has 0 saturated carbocycles. The summed E-state index contributed by atoms with van der Waals surface area (Å²) in [5, 5.41) is 14.6. The van der Waals surface area contributed by atoms with Gasteiger partial charge in [0, 0.05) is 13.0 Å². The second-order valence-corrected chi connectivity index (χ2v) is 5.34. The molecule has 0 aliphatic heterocycles. The highest BCUT2D eigenvalue weighted by atomic mass is 19.4. The first kappa shape index (κ1) is 18.2. The van der Waals surface area contributed by atoms with Crippen molar-refractivity contribution in [1.29, 1.82) is 0 Å². The first-order chi connectivity index (χ1) is 11.3. The highest BCUT2D eigenvalue weighted by Gasteiger charge is 2.27. The lowest BCUT2D eigenvalue weighted by molar-refractivity contribution is -0.174. The molecule has 2 aromatic carbocycles. The maximum atomic E-state index is 11.9. The van der Waals surface area contributed by atoms with E-state index >= 15 is 0 Å². The topological polar surface area (TPSA) is 58.6 Å².